The van der Waals surface area contributed by atoms with Crippen molar-refractivity contribution >= 4 is 12.3 Å². The maximum Gasteiger partial charge on any atom is 0.511 e. The van der Waals surface area contributed by atoms with Crippen LogP contribution in [0.25, 0.3) is 0 Å². The van der Waals surface area contributed by atoms with Gasteiger partial charge in [0.25, 0.3) is 6.29 Å². The molecule has 0 bridgehead atoms. The fourth-order valence-electron chi connectivity index (χ4n) is 0.989. The minimum absolute atomic E-state index is 0.201. The summed E-state index contributed by atoms with van der Waals surface area (Å²) in [5.41, 5.74) is 0. The van der Waals surface area contributed by atoms with Gasteiger partial charge in [-0.05, 0) is 13.3 Å². The predicted octanol–water partition coefficient (Wildman–Crippen LogP) is 2.85. The van der Waals surface area contributed by atoms with E-state index in [4.69, 9.17) is 4.74 Å². The fourth-order valence-corrected chi connectivity index (χ4v) is 0.989. The monoisotopic (exact) mass is 248 g/mol. The first-order chi connectivity index (χ1) is 8.10. The summed E-state index contributed by atoms with van der Waals surface area (Å²) in [5.74, 6) is 0. The molecule has 0 amide bonds. The minimum atomic E-state index is -1.02. The normalized spacial score (nSPS) is 11.5. The van der Waals surface area contributed by atoms with E-state index >= 15 is 0 Å². The molecule has 1 unspecified atom stereocenters. The first-order valence-electron chi connectivity index (χ1n) is 5.77. The molecular weight excluding hydrogens is 228 g/mol. The zero-order chi connectivity index (χ0) is 13.1. The summed E-state index contributed by atoms with van der Waals surface area (Å²) in [5, 5.41) is 0. The third-order valence-electron chi connectivity index (χ3n) is 1.75. The van der Waals surface area contributed by atoms with E-state index in [1.807, 2.05) is 6.92 Å². The van der Waals surface area contributed by atoms with Crippen LogP contribution in [0, 0.1) is 0 Å². The van der Waals surface area contributed by atoms with Crippen LogP contribution in [0.5, 0.6) is 0 Å². The number of ether oxygens (including phenoxy) is 4. The molecule has 0 aromatic carbocycles. The van der Waals surface area contributed by atoms with Crippen molar-refractivity contribution in [3.63, 3.8) is 0 Å². The molecule has 0 spiro atoms. The molecular formula is C11H20O6. The molecule has 100 valence electrons. The molecule has 17 heavy (non-hydrogen) atoms. The molecule has 0 aromatic rings. The van der Waals surface area contributed by atoms with Gasteiger partial charge in [0.2, 0.25) is 0 Å². The van der Waals surface area contributed by atoms with Crippen molar-refractivity contribution in [1.82, 2.24) is 0 Å². The van der Waals surface area contributed by atoms with Crippen molar-refractivity contribution in [3.05, 3.63) is 0 Å². The Morgan fingerprint density at radius 2 is 1.59 bits per heavy atom. The SMILES string of the molecule is CCCCCOC(=O)OC(C)OC(=O)OCC. The summed E-state index contributed by atoms with van der Waals surface area (Å²) >= 11 is 0. The Labute approximate surface area is 101 Å². The number of hydrogen-bond donors (Lipinski definition) is 0. The lowest BCUT2D eigenvalue weighted by Crippen LogP contribution is -2.23. The summed E-state index contributed by atoms with van der Waals surface area (Å²) < 4.78 is 18.5. The molecule has 6 nitrogen and oxygen atoms in total. The van der Waals surface area contributed by atoms with Gasteiger partial charge in [-0.25, -0.2) is 9.59 Å². The highest BCUT2D eigenvalue weighted by Gasteiger charge is 2.15. The summed E-state index contributed by atoms with van der Waals surface area (Å²) in [4.78, 5) is 21.9. The van der Waals surface area contributed by atoms with E-state index in [1.54, 1.807) is 6.92 Å². The fraction of sp³-hybridized carbons (Fsp3) is 0.818. The quantitative estimate of drug-likeness (QED) is 0.392. The average Bonchev–Trinajstić information content (AvgIpc) is 2.24. The van der Waals surface area contributed by atoms with Crippen LogP contribution < -0.4 is 0 Å². The highest BCUT2D eigenvalue weighted by atomic mass is 16.8. The molecule has 0 rings (SSSR count). The van der Waals surface area contributed by atoms with Gasteiger partial charge in [0.15, 0.2) is 0 Å². The van der Waals surface area contributed by atoms with Gasteiger partial charge in [0, 0.05) is 6.92 Å². The topological polar surface area (TPSA) is 71.1 Å². The van der Waals surface area contributed by atoms with Gasteiger partial charge in [-0.1, -0.05) is 19.8 Å². The van der Waals surface area contributed by atoms with Crippen LogP contribution in [-0.2, 0) is 18.9 Å². The van der Waals surface area contributed by atoms with E-state index in [-0.39, 0.29) is 6.61 Å². The van der Waals surface area contributed by atoms with E-state index < -0.39 is 18.6 Å². The number of hydrogen-bond acceptors (Lipinski definition) is 6. The zero-order valence-electron chi connectivity index (χ0n) is 10.6. The van der Waals surface area contributed by atoms with Gasteiger partial charge < -0.3 is 18.9 Å². The number of carbonyl (C=O) groups excluding carboxylic acids is 2. The van der Waals surface area contributed by atoms with Crippen LogP contribution in [0.1, 0.15) is 40.0 Å². The second-order valence-corrected chi connectivity index (χ2v) is 3.29. The van der Waals surface area contributed by atoms with Crippen LogP contribution in [0.4, 0.5) is 9.59 Å². The average molecular weight is 248 g/mol. The van der Waals surface area contributed by atoms with Crippen LogP contribution in [-0.4, -0.2) is 31.8 Å². The molecule has 0 aliphatic rings. The second-order valence-electron chi connectivity index (χ2n) is 3.29. The van der Waals surface area contributed by atoms with Crippen LogP contribution in [0.15, 0.2) is 0 Å². The molecule has 0 saturated heterocycles. The maximum atomic E-state index is 11.1. The minimum Gasteiger partial charge on any atom is -0.435 e. The van der Waals surface area contributed by atoms with Crippen molar-refractivity contribution in [2.75, 3.05) is 13.2 Å². The summed E-state index contributed by atoms with van der Waals surface area (Å²) in [7, 11) is 0. The van der Waals surface area contributed by atoms with Crippen molar-refractivity contribution in [1.29, 1.82) is 0 Å². The molecule has 0 aliphatic carbocycles. The lowest BCUT2D eigenvalue weighted by molar-refractivity contribution is -0.0932. The van der Waals surface area contributed by atoms with Crippen LogP contribution in [0.2, 0.25) is 0 Å². The highest BCUT2D eigenvalue weighted by Crippen LogP contribution is 2.01. The van der Waals surface area contributed by atoms with Gasteiger partial charge >= 0.3 is 12.3 Å². The number of rotatable bonds is 7. The van der Waals surface area contributed by atoms with E-state index in [0.29, 0.717) is 6.61 Å². The van der Waals surface area contributed by atoms with E-state index in [9.17, 15) is 9.59 Å². The van der Waals surface area contributed by atoms with Gasteiger partial charge in [-0.2, -0.15) is 0 Å². The van der Waals surface area contributed by atoms with Crippen LogP contribution in [0.3, 0.4) is 0 Å². The third-order valence-corrected chi connectivity index (χ3v) is 1.75. The van der Waals surface area contributed by atoms with E-state index in [1.165, 1.54) is 6.92 Å². The van der Waals surface area contributed by atoms with Crippen LogP contribution >= 0.6 is 0 Å². The predicted molar refractivity (Wildman–Crippen MR) is 59.5 cm³/mol. The molecule has 6 heteroatoms. The number of unbranched alkanes of at least 4 members (excludes halogenated alkanes) is 2. The standard InChI is InChI=1S/C11H20O6/c1-4-6-7-8-15-11(13)17-9(3)16-10(12)14-5-2/h9H,4-8H2,1-3H3. The Morgan fingerprint density at radius 3 is 2.12 bits per heavy atom. The van der Waals surface area contributed by atoms with Gasteiger partial charge in [0.1, 0.15) is 0 Å². The summed E-state index contributed by atoms with van der Waals surface area (Å²) in [6.45, 7) is 5.61. The molecule has 0 fully saturated rings. The molecule has 0 aliphatic heterocycles. The zero-order valence-corrected chi connectivity index (χ0v) is 10.6. The van der Waals surface area contributed by atoms with Crippen molar-refractivity contribution in [3.8, 4) is 0 Å². The summed E-state index contributed by atoms with van der Waals surface area (Å²) in [6, 6.07) is 0. The van der Waals surface area contributed by atoms with Gasteiger partial charge in [-0.15, -0.1) is 0 Å². The molecule has 0 N–H and O–H groups in total. The van der Waals surface area contributed by atoms with Crippen molar-refractivity contribution in [2.45, 2.75) is 46.3 Å². The molecule has 1 atom stereocenters. The first kappa shape index (κ1) is 15.5. The first-order valence-corrected chi connectivity index (χ1v) is 5.77. The Morgan fingerprint density at radius 1 is 1.00 bits per heavy atom. The van der Waals surface area contributed by atoms with Crippen molar-refractivity contribution < 1.29 is 28.5 Å². The third kappa shape index (κ3) is 9.47. The van der Waals surface area contributed by atoms with E-state index in [0.717, 1.165) is 19.3 Å². The van der Waals surface area contributed by atoms with Crippen molar-refractivity contribution in [2.24, 2.45) is 0 Å². The van der Waals surface area contributed by atoms with Gasteiger partial charge in [0.05, 0.1) is 13.2 Å². The smallest absolute Gasteiger partial charge is 0.435 e. The molecule has 0 aromatic heterocycles. The highest BCUT2D eigenvalue weighted by molar-refractivity contribution is 5.62. The Hall–Kier alpha value is -1.46. The van der Waals surface area contributed by atoms with E-state index in [2.05, 4.69) is 14.2 Å². The Kier molecular flexibility index (Phi) is 8.91. The lowest BCUT2D eigenvalue weighted by Gasteiger charge is -2.13. The lowest BCUT2D eigenvalue weighted by atomic mass is 10.3. The number of carbonyl (C=O) groups is 2. The Balaban J connectivity index is 3.61. The largest absolute Gasteiger partial charge is 0.511 e. The molecule has 0 saturated carbocycles. The van der Waals surface area contributed by atoms with Gasteiger partial charge in [-0.3, -0.25) is 0 Å². The maximum absolute atomic E-state index is 11.1. The Bertz CT molecular complexity index is 228. The second kappa shape index (κ2) is 9.74. The summed E-state index contributed by atoms with van der Waals surface area (Å²) in [6.07, 6.45) is 0.0752. The molecule has 0 heterocycles. The molecule has 0 radical (unpaired) electrons.